The standard InChI is InChI=1S/C12H16N2O2.C3H4F2O2/c1-8(15)13-5-4-9-7-14-12-3-2-10(16)6-11(9)12;1-3(4,5)2(6)7/h2-3,6,9,14,16H,4-5,7H2,1H3,(H,13,15);1H3,(H,6,7). The summed E-state index contributed by atoms with van der Waals surface area (Å²) in [6.45, 7) is 3.40. The van der Waals surface area contributed by atoms with Crippen molar-refractivity contribution in [1.82, 2.24) is 5.32 Å². The smallest absolute Gasteiger partial charge is 0.374 e. The Hall–Kier alpha value is -2.38. The average molecular weight is 330 g/mol. The van der Waals surface area contributed by atoms with Gasteiger partial charge in [0.25, 0.3) is 0 Å². The first-order valence-electron chi connectivity index (χ1n) is 7.03. The monoisotopic (exact) mass is 330 g/mol. The first-order valence-corrected chi connectivity index (χ1v) is 7.03. The number of rotatable bonds is 4. The van der Waals surface area contributed by atoms with Crippen LogP contribution in [-0.2, 0) is 9.59 Å². The van der Waals surface area contributed by atoms with Crippen LogP contribution in [0, 0.1) is 0 Å². The molecule has 1 aliphatic heterocycles. The van der Waals surface area contributed by atoms with E-state index in [1.54, 1.807) is 12.1 Å². The number of carboxylic acids is 1. The highest BCUT2D eigenvalue weighted by molar-refractivity contribution is 5.74. The van der Waals surface area contributed by atoms with Crippen molar-refractivity contribution in [3.8, 4) is 5.75 Å². The third kappa shape index (κ3) is 6.09. The fraction of sp³-hybridized carbons (Fsp3) is 0.467. The zero-order valence-electron chi connectivity index (χ0n) is 12.9. The lowest BCUT2D eigenvalue weighted by molar-refractivity contribution is -0.161. The number of hydrogen-bond donors (Lipinski definition) is 4. The van der Waals surface area contributed by atoms with E-state index in [9.17, 15) is 23.5 Å². The Morgan fingerprint density at radius 3 is 2.57 bits per heavy atom. The van der Waals surface area contributed by atoms with Gasteiger partial charge in [-0.05, 0) is 30.2 Å². The molecule has 0 aromatic heterocycles. The van der Waals surface area contributed by atoms with Crippen molar-refractivity contribution in [2.75, 3.05) is 18.4 Å². The molecule has 0 saturated carbocycles. The molecule has 1 aliphatic rings. The topological polar surface area (TPSA) is 98.7 Å². The second-order valence-electron chi connectivity index (χ2n) is 5.31. The summed E-state index contributed by atoms with van der Waals surface area (Å²) in [7, 11) is 0. The number of anilines is 1. The van der Waals surface area contributed by atoms with Crippen molar-refractivity contribution < 1.29 is 28.6 Å². The molecule has 0 radical (unpaired) electrons. The molecule has 2 rings (SSSR count). The molecule has 0 aliphatic carbocycles. The largest absolute Gasteiger partial charge is 0.508 e. The Morgan fingerprint density at radius 1 is 1.43 bits per heavy atom. The number of hydrogen-bond acceptors (Lipinski definition) is 4. The number of carboxylic acid groups (broad SMARTS) is 1. The number of carbonyl (C=O) groups excluding carboxylic acids is 1. The van der Waals surface area contributed by atoms with Gasteiger partial charge in [0.1, 0.15) is 5.75 Å². The summed E-state index contributed by atoms with van der Waals surface area (Å²) in [5.41, 5.74) is 2.23. The van der Waals surface area contributed by atoms with Gasteiger partial charge in [-0.1, -0.05) is 0 Å². The Kier molecular flexibility index (Phi) is 6.29. The molecule has 1 atom stereocenters. The number of phenolic OH excluding ortho intramolecular Hbond substituents is 1. The Bertz CT molecular complexity index is 573. The Morgan fingerprint density at radius 2 is 2.04 bits per heavy atom. The molecule has 4 N–H and O–H groups in total. The van der Waals surface area contributed by atoms with Crippen LogP contribution in [0.3, 0.4) is 0 Å². The zero-order chi connectivity index (χ0) is 17.6. The van der Waals surface area contributed by atoms with E-state index in [2.05, 4.69) is 10.6 Å². The quantitative estimate of drug-likeness (QED) is 0.634. The Balaban J connectivity index is 0.000000322. The summed E-state index contributed by atoms with van der Waals surface area (Å²) in [5, 5.41) is 23.0. The van der Waals surface area contributed by atoms with E-state index in [1.165, 1.54) is 6.92 Å². The average Bonchev–Trinajstić information content (AvgIpc) is 2.80. The molecule has 0 saturated heterocycles. The second-order valence-corrected chi connectivity index (χ2v) is 5.31. The number of alkyl halides is 2. The predicted molar refractivity (Wildman–Crippen MR) is 80.9 cm³/mol. The van der Waals surface area contributed by atoms with E-state index < -0.39 is 11.9 Å². The molecule has 23 heavy (non-hydrogen) atoms. The van der Waals surface area contributed by atoms with Crippen molar-refractivity contribution in [1.29, 1.82) is 0 Å². The van der Waals surface area contributed by atoms with Crippen LogP contribution in [0.15, 0.2) is 18.2 Å². The molecule has 8 heteroatoms. The second kappa shape index (κ2) is 7.75. The van der Waals surface area contributed by atoms with Crippen molar-refractivity contribution in [2.24, 2.45) is 0 Å². The number of benzene rings is 1. The van der Waals surface area contributed by atoms with Crippen LogP contribution in [0.1, 0.15) is 31.7 Å². The number of phenols is 1. The highest BCUT2D eigenvalue weighted by Crippen LogP contribution is 2.35. The first-order chi connectivity index (χ1) is 10.6. The fourth-order valence-corrected chi connectivity index (χ4v) is 2.07. The van der Waals surface area contributed by atoms with Crippen LogP contribution in [-0.4, -0.2) is 41.1 Å². The minimum absolute atomic E-state index is 0.00193. The maximum atomic E-state index is 11.2. The predicted octanol–water partition coefficient (Wildman–Crippen LogP) is 2.15. The van der Waals surface area contributed by atoms with Crippen LogP contribution in [0.2, 0.25) is 0 Å². The molecular formula is C15H20F2N2O4. The van der Waals surface area contributed by atoms with Gasteiger partial charge in [0.05, 0.1) is 0 Å². The van der Waals surface area contributed by atoms with Crippen molar-refractivity contribution in [3.63, 3.8) is 0 Å². The maximum Gasteiger partial charge on any atom is 0.374 e. The lowest BCUT2D eigenvalue weighted by Gasteiger charge is -2.10. The summed E-state index contributed by atoms with van der Waals surface area (Å²) in [5.74, 6) is -5.00. The van der Waals surface area contributed by atoms with E-state index in [0.717, 1.165) is 24.2 Å². The Labute approximate surface area is 132 Å². The molecule has 1 unspecified atom stereocenters. The molecule has 0 bridgehead atoms. The van der Waals surface area contributed by atoms with E-state index >= 15 is 0 Å². The number of nitrogens with one attached hydrogen (secondary N) is 2. The molecule has 6 nitrogen and oxygen atoms in total. The molecule has 1 heterocycles. The number of fused-ring (bicyclic) bond motifs is 1. The van der Waals surface area contributed by atoms with E-state index in [-0.39, 0.29) is 5.91 Å². The highest BCUT2D eigenvalue weighted by Gasteiger charge is 2.31. The maximum absolute atomic E-state index is 11.2. The molecule has 1 aromatic carbocycles. The third-order valence-electron chi connectivity index (χ3n) is 3.26. The molecular weight excluding hydrogens is 310 g/mol. The molecule has 0 spiro atoms. The normalized spacial score (nSPS) is 15.7. The third-order valence-corrected chi connectivity index (χ3v) is 3.26. The van der Waals surface area contributed by atoms with Crippen molar-refractivity contribution in [2.45, 2.75) is 32.1 Å². The van der Waals surface area contributed by atoms with Gasteiger partial charge in [-0.25, -0.2) is 4.79 Å². The van der Waals surface area contributed by atoms with E-state index in [1.807, 2.05) is 6.07 Å². The van der Waals surface area contributed by atoms with Crippen LogP contribution in [0.4, 0.5) is 14.5 Å². The van der Waals surface area contributed by atoms with Gasteiger partial charge in [0, 0.05) is 38.5 Å². The van der Waals surface area contributed by atoms with Crippen molar-refractivity contribution in [3.05, 3.63) is 23.8 Å². The van der Waals surface area contributed by atoms with Gasteiger partial charge >= 0.3 is 11.9 Å². The van der Waals surface area contributed by atoms with Crippen molar-refractivity contribution >= 4 is 17.6 Å². The highest BCUT2D eigenvalue weighted by atomic mass is 19.3. The first kappa shape index (κ1) is 18.7. The number of aliphatic carboxylic acids is 1. The minimum Gasteiger partial charge on any atom is -0.508 e. The molecule has 0 fully saturated rings. The van der Waals surface area contributed by atoms with Crippen LogP contribution < -0.4 is 10.6 Å². The zero-order valence-corrected chi connectivity index (χ0v) is 12.9. The molecule has 1 amide bonds. The summed E-state index contributed by atoms with van der Waals surface area (Å²) >= 11 is 0. The number of halogens is 2. The van der Waals surface area contributed by atoms with Gasteiger partial charge < -0.3 is 20.8 Å². The number of aromatic hydroxyl groups is 1. The van der Waals surface area contributed by atoms with Gasteiger partial charge in [0.2, 0.25) is 5.91 Å². The van der Waals surface area contributed by atoms with Crippen LogP contribution in [0.5, 0.6) is 5.75 Å². The lowest BCUT2D eigenvalue weighted by Crippen LogP contribution is -2.22. The summed E-state index contributed by atoms with van der Waals surface area (Å²) in [6.07, 6.45) is 0.892. The van der Waals surface area contributed by atoms with Crippen LogP contribution >= 0.6 is 0 Å². The van der Waals surface area contributed by atoms with Gasteiger partial charge in [-0.2, -0.15) is 8.78 Å². The lowest BCUT2D eigenvalue weighted by atomic mass is 9.98. The fourth-order valence-electron chi connectivity index (χ4n) is 2.07. The summed E-state index contributed by atoms with van der Waals surface area (Å²) in [6, 6.07) is 5.37. The summed E-state index contributed by atoms with van der Waals surface area (Å²) in [4.78, 5) is 20.0. The van der Waals surface area contributed by atoms with E-state index in [4.69, 9.17) is 5.11 Å². The SMILES string of the molecule is CC(=O)NCCC1CNc2ccc(O)cc21.CC(F)(F)C(=O)O. The number of amides is 1. The molecule has 128 valence electrons. The van der Waals surface area contributed by atoms with E-state index in [0.29, 0.717) is 25.1 Å². The van der Waals surface area contributed by atoms with Gasteiger partial charge in [-0.15, -0.1) is 0 Å². The van der Waals surface area contributed by atoms with Crippen LogP contribution in [0.25, 0.3) is 0 Å². The molecule has 1 aromatic rings. The summed E-state index contributed by atoms with van der Waals surface area (Å²) < 4.78 is 22.5. The van der Waals surface area contributed by atoms with Gasteiger partial charge in [-0.3, -0.25) is 4.79 Å². The number of carbonyl (C=O) groups is 2. The van der Waals surface area contributed by atoms with Gasteiger partial charge in [0.15, 0.2) is 0 Å². The minimum atomic E-state index is -3.58.